The first-order chi connectivity index (χ1) is 14.4. The van der Waals surface area contributed by atoms with Crippen LogP contribution in [-0.4, -0.2) is 54.4 Å². The molecular weight excluding hydrogens is 366 g/mol. The Kier molecular flexibility index (Phi) is 8.85. The van der Waals surface area contributed by atoms with Crippen LogP contribution in [0.4, 0.5) is 0 Å². The molecular formula is C23H29N3O3. The van der Waals surface area contributed by atoms with Gasteiger partial charge in [-0.05, 0) is 30.2 Å². The highest BCUT2D eigenvalue weighted by Crippen LogP contribution is 2.25. The van der Waals surface area contributed by atoms with Crippen LogP contribution in [0.5, 0.6) is 0 Å². The van der Waals surface area contributed by atoms with Gasteiger partial charge in [-0.15, -0.1) is 0 Å². The summed E-state index contributed by atoms with van der Waals surface area (Å²) in [6.07, 6.45) is 2.82. The summed E-state index contributed by atoms with van der Waals surface area (Å²) in [6, 6.07) is 18.2. The average molecular weight is 396 g/mol. The monoisotopic (exact) mass is 395 g/mol. The van der Waals surface area contributed by atoms with E-state index < -0.39 is 0 Å². The maximum Gasteiger partial charge on any atom is 0.111 e. The van der Waals surface area contributed by atoms with Crippen LogP contribution in [0.15, 0.2) is 60.8 Å². The van der Waals surface area contributed by atoms with Gasteiger partial charge in [0.05, 0.1) is 51.0 Å². The molecule has 2 aromatic heterocycles. The molecule has 0 fully saturated rings. The molecule has 0 aliphatic carbocycles. The molecule has 6 heteroatoms. The second-order valence-corrected chi connectivity index (χ2v) is 6.56. The molecule has 0 saturated heterocycles. The van der Waals surface area contributed by atoms with Gasteiger partial charge in [-0.25, -0.2) is 0 Å². The van der Waals surface area contributed by atoms with Crippen molar-refractivity contribution in [3.8, 4) is 22.6 Å². The highest BCUT2D eigenvalue weighted by Gasteiger charge is 2.12. The molecule has 0 aliphatic heterocycles. The van der Waals surface area contributed by atoms with Gasteiger partial charge in [-0.2, -0.15) is 5.10 Å². The molecule has 0 atom stereocenters. The predicted octanol–water partition coefficient (Wildman–Crippen LogP) is 4.07. The standard InChI is InChI=1S/C23H29N3O3/c1-2-13-27-15-17-29-18-16-28-14-12-26-23(20-8-4-3-5-9-20)19-22(25-26)21-10-6-7-11-24-21/h3-11,19H,2,12-18H2,1H3. The molecule has 0 bridgehead atoms. The van der Waals surface area contributed by atoms with E-state index in [0.717, 1.165) is 35.7 Å². The molecule has 6 nitrogen and oxygen atoms in total. The van der Waals surface area contributed by atoms with E-state index in [-0.39, 0.29) is 0 Å². The van der Waals surface area contributed by atoms with Crippen molar-refractivity contribution >= 4 is 0 Å². The van der Waals surface area contributed by atoms with Crippen molar-refractivity contribution in [2.75, 3.05) is 39.6 Å². The Hall–Kier alpha value is -2.54. The molecule has 0 spiro atoms. The first-order valence-electron chi connectivity index (χ1n) is 10.2. The summed E-state index contributed by atoms with van der Waals surface area (Å²) in [5.74, 6) is 0. The molecule has 3 rings (SSSR count). The van der Waals surface area contributed by atoms with E-state index >= 15 is 0 Å². The van der Waals surface area contributed by atoms with Gasteiger partial charge in [0.25, 0.3) is 0 Å². The smallest absolute Gasteiger partial charge is 0.111 e. The molecule has 154 valence electrons. The van der Waals surface area contributed by atoms with Crippen LogP contribution in [0.2, 0.25) is 0 Å². The Bertz CT molecular complexity index is 822. The molecule has 29 heavy (non-hydrogen) atoms. The van der Waals surface area contributed by atoms with Crippen molar-refractivity contribution in [2.24, 2.45) is 0 Å². The maximum absolute atomic E-state index is 5.73. The van der Waals surface area contributed by atoms with Crippen molar-refractivity contribution in [3.63, 3.8) is 0 Å². The van der Waals surface area contributed by atoms with E-state index in [1.165, 1.54) is 0 Å². The topological polar surface area (TPSA) is 58.4 Å². The number of hydrogen-bond acceptors (Lipinski definition) is 5. The highest BCUT2D eigenvalue weighted by atomic mass is 16.5. The van der Waals surface area contributed by atoms with Gasteiger partial charge in [0.1, 0.15) is 5.69 Å². The number of aromatic nitrogens is 3. The first-order valence-corrected chi connectivity index (χ1v) is 10.2. The number of nitrogens with zero attached hydrogens (tertiary/aromatic N) is 3. The fourth-order valence-corrected chi connectivity index (χ4v) is 2.91. The number of hydrogen-bond donors (Lipinski definition) is 0. The quantitative estimate of drug-likeness (QED) is 0.408. The summed E-state index contributed by atoms with van der Waals surface area (Å²) >= 11 is 0. The van der Waals surface area contributed by atoms with Crippen LogP contribution in [-0.2, 0) is 20.8 Å². The normalized spacial score (nSPS) is 11.1. The summed E-state index contributed by atoms with van der Waals surface area (Å²) < 4.78 is 18.6. The number of pyridine rings is 1. The Morgan fingerprint density at radius 2 is 1.45 bits per heavy atom. The molecule has 2 heterocycles. The minimum atomic E-state index is 0.558. The molecule has 0 radical (unpaired) electrons. The van der Waals surface area contributed by atoms with Crippen LogP contribution in [0, 0.1) is 0 Å². The maximum atomic E-state index is 5.73. The minimum Gasteiger partial charge on any atom is -0.379 e. The van der Waals surface area contributed by atoms with E-state index in [1.807, 2.05) is 41.1 Å². The van der Waals surface area contributed by atoms with E-state index in [4.69, 9.17) is 19.3 Å². The van der Waals surface area contributed by atoms with Gasteiger partial charge < -0.3 is 14.2 Å². The van der Waals surface area contributed by atoms with Crippen molar-refractivity contribution in [1.29, 1.82) is 0 Å². The summed E-state index contributed by atoms with van der Waals surface area (Å²) in [5.41, 5.74) is 3.90. The molecule has 0 unspecified atom stereocenters. The van der Waals surface area contributed by atoms with Gasteiger partial charge in [0.2, 0.25) is 0 Å². The second kappa shape index (κ2) is 12.1. The van der Waals surface area contributed by atoms with Crippen LogP contribution in [0.25, 0.3) is 22.6 Å². The minimum absolute atomic E-state index is 0.558. The largest absolute Gasteiger partial charge is 0.379 e. The van der Waals surface area contributed by atoms with Crippen LogP contribution in [0.1, 0.15) is 13.3 Å². The molecule has 0 N–H and O–H groups in total. The molecule has 3 aromatic rings. The Morgan fingerprint density at radius 1 is 0.759 bits per heavy atom. The highest BCUT2D eigenvalue weighted by molar-refractivity contribution is 5.66. The fraction of sp³-hybridized carbons (Fsp3) is 0.391. The zero-order valence-corrected chi connectivity index (χ0v) is 17.0. The fourth-order valence-electron chi connectivity index (χ4n) is 2.91. The molecule has 0 saturated carbocycles. The van der Waals surface area contributed by atoms with E-state index in [0.29, 0.717) is 39.6 Å². The summed E-state index contributed by atoms with van der Waals surface area (Å²) in [4.78, 5) is 4.42. The number of benzene rings is 1. The van der Waals surface area contributed by atoms with Crippen LogP contribution < -0.4 is 0 Å². The zero-order valence-electron chi connectivity index (χ0n) is 17.0. The Labute approximate surface area is 172 Å². The summed E-state index contributed by atoms with van der Waals surface area (Å²) in [6.45, 7) is 6.48. The zero-order chi connectivity index (χ0) is 20.2. The number of ether oxygens (including phenoxy) is 3. The van der Waals surface area contributed by atoms with E-state index in [2.05, 4.69) is 30.1 Å². The van der Waals surface area contributed by atoms with Crippen LogP contribution >= 0.6 is 0 Å². The van der Waals surface area contributed by atoms with Gasteiger partial charge in [-0.3, -0.25) is 9.67 Å². The van der Waals surface area contributed by atoms with Gasteiger partial charge in [-0.1, -0.05) is 43.3 Å². The summed E-state index contributed by atoms with van der Waals surface area (Å²) in [7, 11) is 0. The van der Waals surface area contributed by atoms with Crippen molar-refractivity contribution in [1.82, 2.24) is 14.8 Å². The van der Waals surface area contributed by atoms with Crippen molar-refractivity contribution in [2.45, 2.75) is 19.9 Å². The van der Waals surface area contributed by atoms with E-state index in [9.17, 15) is 0 Å². The molecule has 0 amide bonds. The first kappa shape index (κ1) is 21.2. The lowest BCUT2D eigenvalue weighted by atomic mass is 10.1. The van der Waals surface area contributed by atoms with Crippen LogP contribution in [0.3, 0.4) is 0 Å². The lowest BCUT2D eigenvalue weighted by Crippen LogP contribution is -2.13. The second-order valence-electron chi connectivity index (χ2n) is 6.56. The SMILES string of the molecule is CCCOCCOCCOCCn1nc(-c2ccccn2)cc1-c1ccccc1. The number of rotatable bonds is 13. The van der Waals surface area contributed by atoms with E-state index in [1.54, 1.807) is 6.20 Å². The predicted molar refractivity (Wildman–Crippen MR) is 114 cm³/mol. The lowest BCUT2D eigenvalue weighted by molar-refractivity contribution is 0.0130. The molecule has 1 aromatic carbocycles. The van der Waals surface area contributed by atoms with Crippen molar-refractivity contribution < 1.29 is 14.2 Å². The molecule has 0 aliphatic rings. The van der Waals surface area contributed by atoms with Gasteiger partial charge in [0, 0.05) is 12.8 Å². The van der Waals surface area contributed by atoms with Gasteiger partial charge >= 0.3 is 0 Å². The van der Waals surface area contributed by atoms with Gasteiger partial charge in [0.15, 0.2) is 0 Å². The third-order valence-corrected chi connectivity index (χ3v) is 4.32. The van der Waals surface area contributed by atoms with Crippen molar-refractivity contribution in [3.05, 3.63) is 60.8 Å². The summed E-state index contributed by atoms with van der Waals surface area (Å²) in [5, 5.41) is 4.76. The average Bonchev–Trinajstić information content (AvgIpc) is 3.20. The third-order valence-electron chi connectivity index (χ3n) is 4.32. The Balaban J connectivity index is 1.52. The Morgan fingerprint density at radius 3 is 2.14 bits per heavy atom. The third kappa shape index (κ3) is 6.78. The lowest BCUT2D eigenvalue weighted by Gasteiger charge is -2.09.